The molecule has 19 heavy (non-hydrogen) atoms. The number of nitrogens with two attached hydrogens (primary N) is 1. The molecule has 2 rings (SSSR count). The predicted molar refractivity (Wildman–Crippen MR) is 80.9 cm³/mol. The summed E-state index contributed by atoms with van der Waals surface area (Å²) in [4.78, 5) is 17.5. The summed E-state index contributed by atoms with van der Waals surface area (Å²) in [6.07, 6.45) is 3.78. The standard InChI is InChI=1S/C14H25N3OS/c1-10-8-17(9-11(10)16(2)3)13(18)14(12(15)19)6-4-5-7-14/h10-11H,4-9H2,1-3H3,(H2,15,19). The molecule has 1 aliphatic heterocycles. The average molecular weight is 283 g/mol. The van der Waals surface area contributed by atoms with Crippen molar-refractivity contribution in [3.8, 4) is 0 Å². The van der Waals surface area contributed by atoms with Gasteiger partial charge in [-0.25, -0.2) is 0 Å². The smallest absolute Gasteiger partial charge is 0.235 e. The SMILES string of the molecule is CC1CN(C(=O)C2(C(N)=S)CCCC2)CC1N(C)C. The van der Waals surface area contributed by atoms with E-state index in [9.17, 15) is 4.79 Å². The normalized spacial score (nSPS) is 30.0. The molecular formula is C14H25N3OS. The molecule has 1 saturated carbocycles. The molecule has 0 spiro atoms. The highest BCUT2D eigenvalue weighted by Gasteiger charge is 2.48. The fraction of sp³-hybridized carbons (Fsp3) is 0.857. The van der Waals surface area contributed by atoms with E-state index in [1.54, 1.807) is 0 Å². The van der Waals surface area contributed by atoms with Crippen molar-refractivity contribution in [1.82, 2.24) is 9.80 Å². The summed E-state index contributed by atoms with van der Waals surface area (Å²) in [6, 6.07) is 0.439. The largest absolute Gasteiger partial charge is 0.392 e. The number of carbonyl (C=O) groups is 1. The lowest BCUT2D eigenvalue weighted by Crippen LogP contribution is -2.49. The first-order valence-electron chi connectivity index (χ1n) is 7.14. The number of carbonyl (C=O) groups excluding carboxylic acids is 1. The van der Waals surface area contributed by atoms with Gasteiger partial charge in [-0.3, -0.25) is 4.79 Å². The van der Waals surface area contributed by atoms with Crippen molar-refractivity contribution in [2.24, 2.45) is 17.1 Å². The minimum absolute atomic E-state index is 0.175. The molecule has 5 heteroatoms. The van der Waals surface area contributed by atoms with Gasteiger partial charge in [0.1, 0.15) is 0 Å². The zero-order valence-corrected chi connectivity index (χ0v) is 13.0. The van der Waals surface area contributed by atoms with Crippen molar-refractivity contribution in [2.75, 3.05) is 27.2 Å². The topological polar surface area (TPSA) is 49.6 Å². The first-order chi connectivity index (χ1) is 8.88. The van der Waals surface area contributed by atoms with Gasteiger partial charge in [-0.05, 0) is 32.9 Å². The Kier molecular flexibility index (Phi) is 4.16. The molecule has 0 radical (unpaired) electrons. The predicted octanol–water partition coefficient (Wildman–Crippen LogP) is 1.24. The quantitative estimate of drug-likeness (QED) is 0.792. The van der Waals surface area contributed by atoms with Gasteiger partial charge in [-0.1, -0.05) is 32.0 Å². The molecule has 0 aromatic carbocycles. The van der Waals surface area contributed by atoms with Crippen molar-refractivity contribution in [3.05, 3.63) is 0 Å². The first-order valence-corrected chi connectivity index (χ1v) is 7.55. The van der Waals surface area contributed by atoms with E-state index in [0.717, 1.165) is 38.8 Å². The summed E-state index contributed by atoms with van der Waals surface area (Å²) in [6.45, 7) is 3.84. The molecular weight excluding hydrogens is 258 g/mol. The van der Waals surface area contributed by atoms with Crippen molar-refractivity contribution >= 4 is 23.1 Å². The number of likely N-dealkylation sites (N-methyl/N-ethyl adjacent to an activating group) is 1. The zero-order valence-electron chi connectivity index (χ0n) is 12.2. The van der Waals surface area contributed by atoms with Gasteiger partial charge >= 0.3 is 0 Å². The van der Waals surface area contributed by atoms with Crippen LogP contribution in [0.1, 0.15) is 32.6 Å². The molecule has 2 atom stereocenters. The van der Waals surface area contributed by atoms with Crippen molar-refractivity contribution in [2.45, 2.75) is 38.6 Å². The number of rotatable bonds is 3. The Balaban J connectivity index is 2.14. The van der Waals surface area contributed by atoms with Gasteiger partial charge in [0.25, 0.3) is 0 Å². The van der Waals surface area contributed by atoms with E-state index in [1.807, 2.05) is 4.90 Å². The number of nitrogens with zero attached hydrogens (tertiary/aromatic N) is 2. The Morgan fingerprint density at radius 1 is 1.32 bits per heavy atom. The van der Waals surface area contributed by atoms with Crippen LogP contribution in [0, 0.1) is 11.3 Å². The van der Waals surface area contributed by atoms with Crippen LogP contribution in [0.15, 0.2) is 0 Å². The Bertz CT molecular complexity index is 377. The van der Waals surface area contributed by atoms with E-state index in [2.05, 4.69) is 25.9 Å². The second kappa shape index (κ2) is 5.37. The molecule has 1 heterocycles. The van der Waals surface area contributed by atoms with Crippen molar-refractivity contribution in [1.29, 1.82) is 0 Å². The van der Waals surface area contributed by atoms with Gasteiger partial charge in [0.2, 0.25) is 5.91 Å². The van der Waals surface area contributed by atoms with E-state index in [0.29, 0.717) is 16.9 Å². The second-order valence-corrected chi connectivity index (χ2v) is 6.81. The van der Waals surface area contributed by atoms with E-state index in [1.165, 1.54) is 0 Å². The van der Waals surface area contributed by atoms with Crippen LogP contribution in [0.5, 0.6) is 0 Å². The summed E-state index contributed by atoms with van der Waals surface area (Å²) in [5, 5.41) is 0. The fourth-order valence-corrected chi connectivity index (χ4v) is 3.93. The highest BCUT2D eigenvalue weighted by molar-refractivity contribution is 7.80. The Labute approximate surface area is 121 Å². The van der Waals surface area contributed by atoms with Crippen LogP contribution < -0.4 is 5.73 Å². The minimum Gasteiger partial charge on any atom is -0.392 e. The molecule has 2 aliphatic rings. The molecule has 1 aliphatic carbocycles. The number of amides is 1. The van der Waals surface area contributed by atoms with Gasteiger partial charge in [0.15, 0.2) is 0 Å². The summed E-state index contributed by atoms with van der Waals surface area (Å²) >= 11 is 5.21. The van der Waals surface area contributed by atoms with Crippen LogP contribution in [-0.2, 0) is 4.79 Å². The number of thiocarbonyl (C=S) groups is 1. The highest BCUT2D eigenvalue weighted by atomic mass is 32.1. The molecule has 108 valence electrons. The Hall–Kier alpha value is -0.680. The zero-order chi connectivity index (χ0) is 14.2. The maximum Gasteiger partial charge on any atom is 0.235 e. The molecule has 2 unspecified atom stereocenters. The summed E-state index contributed by atoms with van der Waals surface area (Å²) in [5.74, 6) is 0.678. The van der Waals surface area contributed by atoms with Gasteiger partial charge in [0.05, 0.1) is 10.4 Å². The molecule has 2 N–H and O–H groups in total. The molecule has 1 amide bonds. The maximum absolute atomic E-state index is 12.9. The lowest BCUT2D eigenvalue weighted by atomic mass is 9.84. The van der Waals surface area contributed by atoms with Crippen LogP contribution in [-0.4, -0.2) is 53.9 Å². The Morgan fingerprint density at radius 2 is 1.89 bits per heavy atom. The molecule has 0 aromatic heterocycles. The summed E-state index contributed by atoms with van der Waals surface area (Å²) in [5.41, 5.74) is 5.36. The first kappa shape index (κ1) is 14.7. The molecule has 0 bridgehead atoms. The number of hydrogen-bond acceptors (Lipinski definition) is 3. The fourth-order valence-electron chi connectivity index (χ4n) is 3.63. The molecule has 1 saturated heterocycles. The van der Waals surface area contributed by atoms with E-state index < -0.39 is 5.41 Å². The minimum atomic E-state index is -0.545. The monoisotopic (exact) mass is 283 g/mol. The van der Waals surface area contributed by atoms with Crippen molar-refractivity contribution in [3.63, 3.8) is 0 Å². The highest BCUT2D eigenvalue weighted by Crippen LogP contribution is 2.41. The molecule has 0 aromatic rings. The van der Waals surface area contributed by atoms with Crippen LogP contribution in [0.25, 0.3) is 0 Å². The number of hydrogen-bond donors (Lipinski definition) is 1. The lowest BCUT2D eigenvalue weighted by Gasteiger charge is -2.31. The van der Waals surface area contributed by atoms with E-state index >= 15 is 0 Å². The van der Waals surface area contributed by atoms with Crippen LogP contribution in [0.2, 0.25) is 0 Å². The van der Waals surface area contributed by atoms with Gasteiger partial charge in [0, 0.05) is 19.1 Å². The van der Waals surface area contributed by atoms with E-state index in [-0.39, 0.29) is 5.91 Å². The second-order valence-electron chi connectivity index (χ2n) is 6.37. The van der Waals surface area contributed by atoms with Crippen LogP contribution >= 0.6 is 12.2 Å². The third kappa shape index (κ3) is 2.50. The number of likely N-dealkylation sites (tertiary alicyclic amines) is 1. The van der Waals surface area contributed by atoms with Gasteiger partial charge in [-0.15, -0.1) is 0 Å². The molecule has 4 nitrogen and oxygen atoms in total. The maximum atomic E-state index is 12.9. The third-order valence-electron chi connectivity index (χ3n) is 4.86. The van der Waals surface area contributed by atoms with Crippen LogP contribution in [0.4, 0.5) is 0 Å². The van der Waals surface area contributed by atoms with Gasteiger partial charge in [-0.2, -0.15) is 0 Å². The lowest BCUT2D eigenvalue weighted by molar-refractivity contribution is -0.137. The third-order valence-corrected chi connectivity index (χ3v) is 5.25. The summed E-state index contributed by atoms with van der Waals surface area (Å²) < 4.78 is 0. The average Bonchev–Trinajstić information content (AvgIpc) is 2.94. The van der Waals surface area contributed by atoms with Crippen molar-refractivity contribution < 1.29 is 4.79 Å². The Morgan fingerprint density at radius 3 is 2.32 bits per heavy atom. The van der Waals surface area contributed by atoms with Gasteiger partial charge < -0.3 is 15.5 Å². The summed E-state index contributed by atoms with van der Waals surface area (Å²) in [7, 11) is 4.15. The van der Waals surface area contributed by atoms with E-state index in [4.69, 9.17) is 18.0 Å². The molecule has 2 fully saturated rings. The van der Waals surface area contributed by atoms with Crippen LogP contribution in [0.3, 0.4) is 0 Å².